The average Bonchev–Trinajstić information content (AvgIpc) is 2.46. The number of amides is 2. The second-order valence-electron chi connectivity index (χ2n) is 5.03. The highest BCUT2D eigenvalue weighted by Gasteiger charge is 2.39. The zero-order chi connectivity index (χ0) is 16.9. The van der Waals surface area contributed by atoms with E-state index >= 15 is 0 Å². The summed E-state index contributed by atoms with van der Waals surface area (Å²) in [6.07, 6.45) is -5.92. The standard InChI is InChI=1S/C15H21F3N2O2/c1-4-10-7-6-8-11(5-2)13(10)19-14(22)20(3)9-12(21)15(16,17)18/h6-8,12,21H,4-5,9H2,1-3H3,(H,19,22). The van der Waals surface area contributed by atoms with E-state index in [1.54, 1.807) is 0 Å². The third-order valence-corrected chi connectivity index (χ3v) is 3.40. The second kappa shape index (κ2) is 7.49. The summed E-state index contributed by atoms with van der Waals surface area (Å²) in [6, 6.07) is 4.92. The number of alkyl halides is 3. The van der Waals surface area contributed by atoms with Crippen LogP contribution >= 0.6 is 0 Å². The van der Waals surface area contributed by atoms with Gasteiger partial charge in [0.15, 0.2) is 6.10 Å². The molecule has 22 heavy (non-hydrogen) atoms. The molecule has 124 valence electrons. The Morgan fingerprint density at radius 3 is 2.18 bits per heavy atom. The van der Waals surface area contributed by atoms with E-state index in [9.17, 15) is 18.0 Å². The second-order valence-corrected chi connectivity index (χ2v) is 5.03. The van der Waals surface area contributed by atoms with Crippen molar-refractivity contribution in [2.75, 3.05) is 18.9 Å². The summed E-state index contributed by atoms with van der Waals surface area (Å²) in [7, 11) is 1.21. The minimum absolute atomic E-state index is 0.630. The maximum Gasteiger partial charge on any atom is 0.416 e. The molecule has 0 radical (unpaired) electrons. The predicted octanol–water partition coefficient (Wildman–Crippen LogP) is 3.20. The van der Waals surface area contributed by atoms with Gasteiger partial charge >= 0.3 is 12.2 Å². The first-order valence-corrected chi connectivity index (χ1v) is 7.08. The summed E-state index contributed by atoms with van der Waals surface area (Å²) < 4.78 is 37.0. The van der Waals surface area contributed by atoms with E-state index in [0.29, 0.717) is 18.5 Å². The Bertz CT molecular complexity index is 496. The van der Waals surface area contributed by atoms with E-state index in [2.05, 4.69) is 5.32 Å². The number of aliphatic hydroxyl groups excluding tert-OH is 1. The van der Waals surface area contributed by atoms with Crippen molar-refractivity contribution < 1.29 is 23.1 Å². The van der Waals surface area contributed by atoms with E-state index in [1.165, 1.54) is 7.05 Å². The molecular weight excluding hydrogens is 297 g/mol. The third-order valence-electron chi connectivity index (χ3n) is 3.40. The molecule has 0 aliphatic rings. The number of nitrogens with one attached hydrogen (secondary N) is 1. The molecule has 4 nitrogen and oxygen atoms in total. The minimum Gasteiger partial charge on any atom is -0.382 e. The minimum atomic E-state index is -4.75. The predicted molar refractivity (Wildman–Crippen MR) is 78.9 cm³/mol. The molecule has 0 aliphatic carbocycles. The van der Waals surface area contributed by atoms with Crippen LogP contribution in [0.25, 0.3) is 0 Å². The van der Waals surface area contributed by atoms with Crippen LogP contribution in [0.4, 0.5) is 23.7 Å². The van der Waals surface area contributed by atoms with E-state index in [0.717, 1.165) is 16.0 Å². The quantitative estimate of drug-likeness (QED) is 0.876. The monoisotopic (exact) mass is 318 g/mol. The van der Waals surface area contributed by atoms with Crippen LogP contribution in [0.5, 0.6) is 0 Å². The first-order chi connectivity index (χ1) is 10.2. The van der Waals surface area contributed by atoms with Crippen LogP contribution in [0.3, 0.4) is 0 Å². The molecule has 7 heteroatoms. The number of likely N-dealkylation sites (N-methyl/N-ethyl adjacent to an activating group) is 1. The first kappa shape index (κ1) is 18.3. The number of aliphatic hydroxyl groups is 1. The summed E-state index contributed by atoms with van der Waals surface area (Å²) in [4.78, 5) is 12.9. The lowest BCUT2D eigenvalue weighted by Crippen LogP contribution is -2.43. The number of carbonyl (C=O) groups is 1. The normalized spacial score (nSPS) is 12.9. The molecule has 1 rings (SSSR count). The maximum absolute atomic E-state index is 12.3. The van der Waals surface area contributed by atoms with Gasteiger partial charge < -0.3 is 15.3 Å². The number of nitrogens with zero attached hydrogens (tertiary/aromatic N) is 1. The molecule has 0 fully saturated rings. The van der Waals surface area contributed by atoms with Crippen molar-refractivity contribution in [2.45, 2.75) is 39.0 Å². The molecule has 1 aromatic carbocycles. The number of urea groups is 1. The summed E-state index contributed by atoms with van der Waals surface area (Å²) in [5.74, 6) is 0. The summed E-state index contributed by atoms with van der Waals surface area (Å²) in [6.45, 7) is 3.05. The van der Waals surface area contributed by atoms with E-state index in [4.69, 9.17) is 5.11 Å². The topological polar surface area (TPSA) is 52.6 Å². The van der Waals surface area contributed by atoms with Gasteiger partial charge in [-0.2, -0.15) is 13.2 Å². The molecule has 0 aromatic heterocycles. The van der Waals surface area contributed by atoms with Crippen LogP contribution in [-0.4, -0.2) is 41.9 Å². The average molecular weight is 318 g/mol. The van der Waals surface area contributed by atoms with Crippen LogP contribution in [0, 0.1) is 0 Å². The van der Waals surface area contributed by atoms with Crippen LogP contribution in [-0.2, 0) is 12.8 Å². The number of hydrogen-bond acceptors (Lipinski definition) is 2. The van der Waals surface area contributed by atoms with Crippen LogP contribution in [0.15, 0.2) is 18.2 Å². The highest BCUT2D eigenvalue weighted by Crippen LogP contribution is 2.24. The fourth-order valence-electron chi connectivity index (χ4n) is 2.05. The van der Waals surface area contributed by atoms with E-state index < -0.39 is 24.9 Å². The van der Waals surface area contributed by atoms with Crippen molar-refractivity contribution in [2.24, 2.45) is 0 Å². The van der Waals surface area contributed by atoms with Crippen molar-refractivity contribution in [3.8, 4) is 0 Å². The van der Waals surface area contributed by atoms with Crippen LogP contribution in [0.2, 0.25) is 0 Å². The molecular formula is C15H21F3N2O2. The number of aryl methyl sites for hydroxylation is 2. The first-order valence-electron chi connectivity index (χ1n) is 7.08. The van der Waals surface area contributed by atoms with Crippen molar-refractivity contribution in [3.63, 3.8) is 0 Å². The fraction of sp³-hybridized carbons (Fsp3) is 0.533. The van der Waals surface area contributed by atoms with E-state index in [-0.39, 0.29) is 0 Å². The maximum atomic E-state index is 12.3. The Morgan fingerprint density at radius 2 is 1.77 bits per heavy atom. The molecule has 0 aliphatic heterocycles. The zero-order valence-electron chi connectivity index (χ0n) is 12.9. The molecule has 2 N–H and O–H groups in total. The number of hydrogen-bond donors (Lipinski definition) is 2. The van der Waals surface area contributed by atoms with Gasteiger partial charge in [-0.15, -0.1) is 0 Å². The Kier molecular flexibility index (Phi) is 6.22. The van der Waals surface area contributed by atoms with Crippen LogP contribution in [0.1, 0.15) is 25.0 Å². The fourth-order valence-corrected chi connectivity index (χ4v) is 2.05. The van der Waals surface area contributed by atoms with Gasteiger partial charge in [-0.25, -0.2) is 4.79 Å². The lowest BCUT2D eigenvalue weighted by Gasteiger charge is -2.24. The summed E-state index contributed by atoms with van der Waals surface area (Å²) in [5.41, 5.74) is 2.46. The van der Waals surface area contributed by atoms with Gasteiger partial charge in [-0.05, 0) is 24.0 Å². The molecule has 1 unspecified atom stereocenters. The number of rotatable bonds is 5. The van der Waals surface area contributed by atoms with Gasteiger partial charge in [0.05, 0.1) is 6.54 Å². The van der Waals surface area contributed by atoms with Crippen LogP contribution < -0.4 is 5.32 Å². The van der Waals surface area contributed by atoms with Gasteiger partial charge in [-0.3, -0.25) is 0 Å². The van der Waals surface area contributed by atoms with Gasteiger partial charge in [-0.1, -0.05) is 32.0 Å². The van der Waals surface area contributed by atoms with Crippen molar-refractivity contribution in [1.82, 2.24) is 4.90 Å². The molecule has 0 saturated heterocycles. The van der Waals surface area contributed by atoms with Gasteiger partial charge in [0, 0.05) is 12.7 Å². The lowest BCUT2D eigenvalue weighted by molar-refractivity contribution is -0.205. The molecule has 2 amide bonds. The molecule has 1 aromatic rings. The highest BCUT2D eigenvalue weighted by molar-refractivity contribution is 5.91. The number of para-hydroxylation sites is 1. The Hall–Kier alpha value is -1.76. The number of halogens is 3. The lowest BCUT2D eigenvalue weighted by atomic mass is 10.0. The van der Waals surface area contributed by atoms with Crippen molar-refractivity contribution in [3.05, 3.63) is 29.3 Å². The molecule has 0 spiro atoms. The van der Waals surface area contributed by atoms with Crippen molar-refractivity contribution >= 4 is 11.7 Å². The molecule has 0 heterocycles. The Labute approximate surface area is 127 Å². The smallest absolute Gasteiger partial charge is 0.382 e. The molecule has 0 saturated carbocycles. The van der Waals surface area contributed by atoms with Gasteiger partial charge in [0.2, 0.25) is 0 Å². The van der Waals surface area contributed by atoms with Crippen molar-refractivity contribution in [1.29, 1.82) is 0 Å². The van der Waals surface area contributed by atoms with E-state index in [1.807, 2.05) is 32.0 Å². The zero-order valence-corrected chi connectivity index (χ0v) is 12.9. The summed E-state index contributed by atoms with van der Waals surface area (Å²) in [5, 5.41) is 11.7. The Balaban J connectivity index is 2.85. The third kappa shape index (κ3) is 4.62. The number of carbonyl (C=O) groups excluding carboxylic acids is 1. The van der Waals surface area contributed by atoms with Gasteiger partial charge in [0.1, 0.15) is 0 Å². The SMILES string of the molecule is CCc1cccc(CC)c1NC(=O)N(C)CC(O)C(F)(F)F. The summed E-state index contributed by atoms with van der Waals surface area (Å²) >= 11 is 0. The molecule has 1 atom stereocenters. The Morgan fingerprint density at radius 1 is 1.27 bits per heavy atom. The van der Waals surface area contributed by atoms with Gasteiger partial charge in [0.25, 0.3) is 0 Å². The number of anilines is 1. The number of benzene rings is 1. The highest BCUT2D eigenvalue weighted by atomic mass is 19.4. The largest absolute Gasteiger partial charge is 0.416 e. The molecule has 0 bridgehead atoms.